The SMILES string of the molecule is CCCC1(C(=O)N(CCOC)CCOC)CCNC1. The molecule has 5 nitrogen and oxygen atoms in total. The van der Waals surface area contributed by atoms with Gasteiger partial charge in [0.25, 0.3) is 0 Å². The summed E-state index contributed by atoms with van der Waals surface area (Å²) in [4.78, 5) is 14.7. The summed E-state index contributed by atoms with van der Waals surface area (Å²) >= 11 is 0. The monoisotopic (exact) mass is 272 g/mol. The van der Waals surface area contributed by atoms with Crippen molar-refractivity contribution in [2.45, 2.75) is 26.2 Å². The normalized spacial score (nSPS) is 22.7. The zero-order valence-electron chi connectivity index (χ0n) is 12.5. The van der Waals surface area contributed by atoms with Gasteiger partial charge in [0.1, 0.15) is 0 Å². The Hall–Kier alpha value is -0.650. The molecule has 1 unspecified atom stereocenters. The fraction of sp³-hybridized carbons (Fsp3) is 0.929. The lowest BCUT2D eigenvalue weighted by molar-refractivity contribution is -0.143. The second kappa shape index (κ2) is 8.51. The molecular weight excluding hydrogens is 244 g/mol. The highest BCUT2D eigenvalue weighted by molar-refractivity contribution is 5.83. The first-order valence-corrected chi connectivity index (χ1v) is 7.18. The highest BCUT2D eigenvalue weighted by atomic mass is 16.5. The van der Waals surface area contributed by atoms with Crippen LogP contribution in [0.5, 0.6) is 0 Å². The summed E-state index contributed by atoms with van der Waals surface area (Å²) in [7, 11) is 3.33. The van der Waals surface area contributed by atoms with Crippen molar-refractivity contribution < 1.29 is 14.3 Å². The average Bonchev–Trinajstić information content (AvgIpc) is 2.88. The Balaban J connectivity index is 2.70. The van der Waals surface area contributed by atoms with Gasteiger partial charge in [-0.15, -0.1) is 0 Å². The van der Waals surface area contributed by atoms with Crippen molar-refractivity contribution in [2.24, 2.45) is 5.41 Å². The molecule has 0 aliphatic carbocycles. The minimum atomic E-state index is -0.212. The first kappa shape index (κ1) is 16.4. The van der Waals surface area contributed by atoms with E-state index in [-0.39, 0.29) is 11.3 Å². The molecule has 1 N–H and O–H groups in total. The first-order valence-electron chi connectivity index (χ1n) is 7.18. The second-order valence-corrected chi connectivity index (χ2v) is 5.23. The van der Waals surface area contributed by atoms with Crippen LogP contribution >= 0.6 is 0 Å². The number of carbonyl (C=O) groups excluding carboxylic acids is 1. The smallest absolute Gasteiger partial charge is 0.230 e. The summed E-state index contributed by atoms with van der Waals surface area (Å²) in [5.41, 5.74) is -0.212. The van der Waals surface area contributed by atoms with Crippen LogP contribution in [0.25, 0.3) is 0 Å². The Bertz CT molecular complexity index is 257. The molecule has 0 bridgehead atoms. The Morgan fingerprint density at radius 2 is 1.89 bits per heavy atom. The maximum absolute atomic E-state index is 12.8. The van der Waals surface area contributed by atoms with Gasteiger partial charge in [-0.2, -0.15) is 0 Å². The highest BCUT2D eigenvalue weighted by Crippen LogP contribution is 2.33. The van der Waals surface area contributed by atoms with Crippen LogP contribution in [0.1, 0.15) is 26.2 Å². The summed E-state index contributed by atoms with van der Waals surface area (Å²) in [6, 6.07) is 0. The lowest BCUT2D eigenvalue weighted by atomic mass is 9.81. The molecule has 19 heavy (non-hydrogen) atoms. The van der Waals surface area contributed by atoms with Crippen LogP contribution in [0.15, 0.2) is 0 Å². The summed E-state index contributed by atoms with van der Waals surface area (Å²) in [5.74, 6) is 0.258. The Morgan fingerprint density at radius 3 is 2.32 bits per heavy atom. The molecule has 1 aliphatic rings. The molecule has 112 valence electrons. The summed E-state index contributed by atoms with van der Waals surface area (Å²) in [6.07, 6.45) is 2.93. The molecule has 1 aliphatic heterocycles. The van der Waals surface area contributed by atoms with Gasteiger partial charge in [0.2, 0.25) is 5.91 Å². The van der Waals surface area contributed by atoms with Crippen molar-refractivity contribution in [1.29, 1.82) is 0 Å². The van der Waals surface area contributed by atoms with E-state index in [1.165, 1.54) is 0 Å². The van der Waals surface area contributed by atoms with E-state index in [1.807, 2.05) is 4.90 Å². The minimum absolute atomic E-state index is 0.212. The molecule has 1 fully saturated rings. The molecule has 0 aromatic rings. The molecule has 0 aromatic heterocycles. The number of nitrogens with zero attached hydrogens (tertiary/aromatic N) is 1. The number of carbonyl (C=O) groups is 1. The van der Waals surface area contributed by atoms with Crippen LogP contribution in [0.4, 0.5) is 0 Å². The summed E-state index contributed by atoms with van der Waals surface area (Å²) in [6.45, 7) is 6.32. The van der Waals surface area contributed by atoms with Crippen LogP contribution in [-0.2, 0) is 14.3 Å². The molecule has 5 heteroatoms. The van der Waals surface area contributed by atoms with E-state index in [0.717, 1.165) is 32.4 Å². The number of hydrogen-bond donors (Lipinski definition) is 1. The number of amides is 1. The van der Waals surface area contributed by atoms with E-state index in [2.05, 4.69) is 12.2 Å². The molecule has 0 aromatic carbocycles. The molecule has 0 radical (unpaired) electrons. The van der Waals surface area contributed by atoms with E-state index < -0.39 is 0 Å². The molecule has 0 spiro atoms. The van der Waals surface area contributed by atoms with Crippen LogP contribution in [0.3, 0.4) is 0 Å². The van der Waals surface area contributed by atoms with Crippen LogP contribution < -0.4 is 5.32 Å². The molecule has 1 heterocycles. The van der Waals surface area contributed by atoms with Crippen molar-refractivity contribution in [3.8, 4) is 0 Å². The predicted octanol–water partition coefficient (Wildman–Crippen LogP) is 0.888. The maximum Gasteiger partial charge on any atom is 0.230 e. The van der Waals surface area contributed by atoms with Gasteiger partial charge in [0, 0.05) is 33.9 Å². The van der Waals surface area contributed by atoms with Crippen LogP contribution in [-0.4, -0.2) is 64.4 Å². The summed E-state index contributed by atoms with van der Waals surface area (Å²) < 4.78 is 10.2. The fourth-order valence-corrected chi connectivity index (χ4v) is 2.78. The number of methoxy groups -OCH3 is 2. The molecule has 1 rings (SSSR count). The van der Waals surface area contributed by atoms with Gasteiger partial charge in [-0.3, -0.25) is 4.79 Å². The Morgan fingerprint density at radius 1 is 1.26 bits per heavy atom. The van der Waals surface area contributed by atoms with Crippen molar-refractivity contribution >= 4 is 5.91 Å². The summed E-state index contributed by atoms with van der Waals surface area (Å²) in [5, 5.41) is 3.34. The van der Waals surface area contributed by atoms with E-state index in [4.69, 9.17) is 9.47 Å². The van der Waals surface area contributed by atoms with Crippen LogP contribution in [0.2, 0.25) is 0 Å². The van der Waals surface area contributed by atoms with Crippen molar-refractivity contribution in [3.63, 3.8) is 0 Å². The molecule has 1 saturated heterocycles. The largest absolute Gasteiger partial charge is 0.383 e. The van der Waals surface area contributed by atoms with Gasteiger partial charge in [-0.1, -0.05) is 13.3 Å². The third-order valence-corrected chi connectivity index (χ3v) is 3.84. The first-order chi connectivity index (χ1) is 9.20. The zero-order valence-corrected chi connectivity index (χ0v) is 12.5. The number of ether oxygens (including phenoxy) is 2. The molecule has 1 amide bonds. The number of rotatable bonds is 9. The number of nitrogens with one attached hydrogen (secondary N) is 1. The lowest BCUT2D eigenvalue weighted by Gasteiger charge is -2.33. The van der Waals surface area contributed by atoms with Crippen LogP contribution in [0, 0.1) is 5.41 Å². The maximum atomic E-state index is 12.8. The van der Waals surface area contributed by atoms with Crippen molar-refractivity contribution in [1.82, 2.24) is 10.2 Å². The zero-order chi connectivity index (χ0) is 14.1. The Labute approximate surface area is 116 Å². The quantitative estimate of drug-likeness (QED) is 0.677. The standard InChI is InChI=1S/C14H28N2O3/c1-4-5-14(6-7-15-12-14)13(17)16(8-10-18-2)9-11-19-3/h15H,4-12H2,1-3H3. The predicted molar refractivity (Wildman–Crippen MR) is 75.2 cm³/mol. The van der Waals surface area contributed by atoms with E-state index in [9.17, 15) is 4.79 Å². The molecule has 0 saturated carbocycles. The average molecular weight is 272 g/mol. The number of hydrogen-bond acceptors (Lipinski definition) is 4. The topological polar surface area (TPSA) is 50.8 Å². The minimum Gasteiger partial charge on any atom is -0.383 e. The van der Waals surface area contributed by atoms with E-state index in [1.54, 1.807) is 14.2 Å². The van der Waals surface area contributed by atoms with E-state index in [0.29, 0.717) is 26.3 Å². The van der Waals surface area contributed by atoms with Gasteiger partial charge >= 0.3 is 0 Å². The van der Waals surface area contributed by atoms with Crippen molar-refractivity contribution in [3.05, 3.63) is 0 Å². The van der Waals surface area contributed by atoms with Gasteiger partial charge in [-0.25, -0.2) is 0 Å². The fourth-order valence-electron chi connectivity index (χ4n) is 2.78. The third-order valence-electron chi connectivity index (χ3n) is 3.84. The van der Waals surface area contributed by atoms with Gasteiger partial charge in [0.15, 0.2) is 0 Å². The Kier molecular flexibility index (Phi) is 7.34. The van der Waals surface area contributed by atoms with E-state index >= 15 is 0 Å². The van der Waals surface area contributed by atoms with Gasteiger partial charge < -0.3 is 19.7 Å². The lowest BCUT2D eigenvalue weighted by Crippen LogP contribution is -2.47. The molecule has 1 atom stereocenters. The molecular formula is C14H28N2O3. The van der Waals surface area contributed by atoms with Gasteiger partial charge in [-0.05, 0) is 19.4 Å². The van der Waals surface area contributed by atoms with Gasteiger partial charge in [0.05, 0.1) is 18.6 Å². The third kappa shape index (κ3) is 4.44. The second-order valence-electron chi connectivity index (χ2n) is 5.23. The van der Waals surface area contributed by atoms with Crippen molar-refractivity contribution in [2.75, 3.05) is 53.6 Å². The highest BCUT2D eigenvalue weighted by Gasteiger charge is 2.42.